The molecule has 1 saturated heterocycles. The van der Waals surface area contributed by atoms with Gasteiger partial charge in [0.1, 0.15) is 0 Å². The predicted molar refractivity (Wildman–Crippen MR) is 85.9 cm³/mol. The molecule has 2 rings (SSSR count). The van der Waals surface area contributed by atoms with Crippen molar-refractivity contribution in [2.75, 3.05) is 31.6 Å². The van der Waals surface area contributed by atoms with E-state index in [0.29, 0.717) is 32.5 Å². The number of benzene rings is 1. The first-order valence-electron chi connectivity index (χ1n) is 8.15. The van der Waals surface area contributed by atoms with E-state index in [9.17, 15) is 22.8 Å². The summed E-state index contributed by atoms with van der Waals surface area (Å²) in [4.78, 5) is 25.6. The SMILES string of the molecule is CCOC(=O)C1CCN(CC(=O)Nc2cccc(C(F)(F)F)c2)CC1. The monoisotopic (exact) mass is 358 g/mol. The molecule has 1 N–H and O–H groups in total. The first-order chi connectivity index (χ1) is 11.8. The molecule has 1 fully saturated rings. The van der Waals surface area contributed by atoms with Gasteiger partial charge in [0.2, 0.25) is 5.91 Å². The number of nitrogens with zero attached hydrogens (tertiary/aromatic N) is 1. The van der Waals surface area contributed by atoms with Crippen molar-refractivity contribution in [3.63, 3.8) is 0 Å². The van der Waals surface area contributed by atoms with Crippen molar-refractivity contribution < 1.29 is 27.5 Å². The Morgan fingerprint density at radius 1 is 1.28 bits per heavy atom. The molecule has 0 aliphatic carbocycles. The highest BCUT2D eigenvalue weighted by molar-refractivity contribution is 5.92. The van der Waals surface area contributed by atoms with E-state index >= 15 is 0 Å². The average Bonchev–Trinajstić information content (AvgIpc) is 2.55. The molecule has 1 amide bonds. The van der Waals surface area contributed by atoms with Gasteiger partial charge in [0.15, 0.2) is 0 Å². The third-order valence-corrected chi connectivity index (χ3v) is 4.05. The largest absolute Gasteiger partial charge is 0.466 e. The molecule has 1 aromatic carbocycles. The number of nitrogens with one attached hydrogen (secondary N) is 1. The molecule has 5 nitrogen and oxygen atoms in total. The summed E-state index contributed by atoms with van der Waals surface area (Å²) in [5.41, 5.74) is -0.693. The molecule has 1 heterocycles. The summed E-state index contributed by atoms with van der Waals surface area (Å²) in [6, 6.07) is 4.53. The van der Waals surface area contributed by atoms with E-state index in [2.05, 4.69) is 5.32 Å². The van der Waals surface area contributed by atoms with Crippen LogP contribution >= 0.6 is 0 Å². The molecule has 0 radical (unpaired) electrons. The number of carbonyl (C=O) groups excluding carboxylic acids is 2. The summed E-state index contributed by atoms with van der Waals surface area (Å²) in [7, 11) is 0. The highest BCUT2D eigenvalue weighted by Crippen LogP contribution is 2.30. The number of amides is 1. The minimum absolute atomic E-state index is 0.0752. The van der Waals surface area contributed by atoms with Crippen molar-refractivity contribution in [1.29, 1.82) is 0 Å². The number of esters is 1. The first kappa shape index (κ1) is 19.2. The van der Waals surface area contributed by atoms with Gasteiger partial charge in [-0.05, 0) is 51.1 Å². The van der Waals surface area contributed by atoms with Gasteiger partial charge in [0, 0.05) is 5.69 Å². The third kappa shape index (κ3) is 5.74. The Morgan fingerprint density at radius 2 is 1.96 bits per heavy atom. The van der Waals surface area contributed by atoms with Crippen LogP contribution in [0.1, 0.15) is 25.3 Å². The number of anilines is 1. The van der Waals surface area contributed by atoms with Gasteiger partial charge < -0.3 is 10.1 Å². The highest BCUT2D eigenvalue weighted by atomic mass is 19.4. The number of carbonyl (C=O) groups is 2. The lowest BCUT2D eigenvalue weighted by molar-refractivity contribution is -0.149. The summed E-state index contributed by atoms with van der Waals surface area (Å²) >= 11 is 0. The van der Waals surface area contributed by atoms with Crippen LogP contribution in [0.25, 0.3) is 0 Å². The maximum Gasteiger partial charge on any atom is 0.416 e. The number of ether oxygens (including phenoxy) is 1. The molecule has 138 valence electrons. The Morgan fingerprint density at radius 3 is 2.56 bits per heavy atom. The molecule has 1 aliphatic rings. The van der Waals surface area contributed by atoms with Crippen LogP contribution < -0.4 is 5.32 Å². The average molecular weight is 358 g/mol. The lowest BCUT2D eigenvalue weighted by atomic mass is 9.97. The van der Waals surface area contributed by atoms with Crippen molar-refractivity contribution >= 4 is 17.6 Å². The maximum atomic E-state index is 12.7. The van der Waals surface area contributed by atoms with Gasteiger partial charge in [-0.2, -0.15) is 13.2 Å². The van der Waals surface area contributed by atoms with Gasteiger partial charge in [-0.15, -0.1) is 0 Å². The fourth-order valence-electron chi connectivity index (χ4n) is 2.76. The zero-order valence-corrected chi connectivity index (χ0v) is 13.9. The van der Waals surface area contributed by atoms with Gasteiger partial charge in [0.25, 0.3) is 0 Å². The van der Waals surface area contributed by atoms with Crippen LogP contribution in [0, 0.1) is 5.92 Å². The minimum atomic E-state index is -4.45. The summed E-state index contributed by atoms with van der Waals surface area (Å²) < 4.78 is 43.0. The van der Waals surface area contributed by atoms with Gasteiger partial charge in [-0.3, -0.25) is 14.5 Å². The van der Waals surface area contributed by atoms with Crippen LogP contribution in [-0.2, 0) is 20.5 Å². The van der Waals surface area contributed by atoms with E-state index in [-0.39, 0.29) is 30.0 Å². The third-order valence-electron chi connectivity index (χ3n) is 4.05. The second-order valence-electron chi connectivity index (χ2n) is 5.93. The normalized spacial score (nSPS) is 16.5. The molecule has 0 bridgehead atoms. The van der Waals surface area contributed by atoms with Crippen LogP contribution in [-0.4, -0.2) is 43.0 Å². The number of halogens is 3. The lowest BCUT2D eigenvalue weighted by Crippen LogP contribution is -2.41. The van der Waals surface area contributed by atoms with Gasteiger partial charge in [-0.25, -0.2) is 0 Å². The topological polar surface area (TPSA) is 58.6 Å². The number of rotatable bonds is 5. The van der Waals surface area contributed by atoms with Crippen molar-refractivity contribution in [1.82, 2.24) is 4.90 Å². The van der Waals surface area contributed by atoms with E-state index < -0.39 is 11.7 Å². The Balaban J connectivity index is 1.83. The summed E-state index contributed by atoms with van der Waals surface area (Å²) in [5.74, 6) is -0.743. The van der Waals surface area contributed by atoms with Crippen molar-refractivity contribution in [3.8, 4) is 0 Å². The summed E-state index contributed by atoms with van der Waals surface area (Å²) in [6.45, 7) is 3.31. The molecule has 0 spiro atoms. The number of likely N-dealkylation sites (tertiary alicyclic amines) is 1. The zero-order valence-electron chi connectivity index (χ0n) is 13.9. The maximum absolute atomic E-state index is 12.7. The summed E-state index contributed by atoms with van der Waals surface area (Å²) in [6.07, 6.45) is -3.24. The molecular formula is C17H21F3N2O3. The van der Waals surface area contributed by atoms with Crippen molar-refractivity contribution in [3.05, 3.63) is 29.8 Å². The quantitative estimate of drug-likeness (QED) is 0.823. The molecular weight excluding hydrogens is 337 g/mol. The smallest absolute Gasteiger partial charge is 0.416 e. The van der Waals surface area contributed by atoms with Crippen LogP contribution in [0.15, 0.2) is 24.3 Å². The molecule has 0 aromatic heterocycles. The summed E-state index contributed by atoms with van der Waals surface area (Å²) in [5, 5.41) is 2.48. The first-order valence-corrected chi connectivity index (χ1v) is 8.15. The van der Waals surface area contributed by atoms with Gasteiger partial charge in [0.05, 0.1) is 24.6 Å². The predicted octanol–water partition coefficient (Wildman–Crippen LogP) is 2.92. The number of alkyl halides is 3. The van der Waals surface area contributed by atoms with Crippen LogP contribution in [0.3, 0.4) is 0 Å². The number of hydrogen-bond acceptors (Lipinski definition) is 4. The molecule has 0 atom stereocenters. The van der Waals surface area contributed by atoms with Crippen LogP contribution in [0.2, 0.25) is 0 Å². The Labute approximate surface area is 144 Å². The molecule has 8 heteroatoms. The van der Waals surface area contributed by atoms with E-state index in [4.69, 9.17) is 4.74 Å². The van der Waals surface area contributed by atoms with Crippen molar-refractivity contribution in [2.24, 2.45) is 5.92 Å². The molecule has 1 aliphatic heterocycles. The van der Waals surface area contributed by atoms with Gasteiger partial charge in [-0.1, -0.05) is 6.07 Å². The molecule has 25 heavy (non-hydrogen) atoms. The van der Waals surface area contributed by atoms with Crippen LogP contribution in [0.5, 0.6) is 0 Å². The van der Waals surface area contributed by atoms with Crippen molar-refractivity contribution in [2.45, 2.75) is 25.9 Å². The van der Waals surface area contributed by atoms with E-state index in [1.54, 1.807) is 6.92 Å². The number of piperidine rings is 1. The highest BCUT2D eigenvalue weighted by Gasteiger charge is 2.30. The Hall–Kier alpha value is -2.09. The molecule has 0 saturated carbocycles. The Kier molecular flexibility index (Phi) is 6.41. The fraction of sp³-hybridized carbons (Fsp3) is 0.529. The van der Waals surface area contributed by atoms with E-state index in [1.807, 2.05) is 4.90 Å². The fourth-order valence-corrected chi connectivity index (χ4v) is 2.76. The second kappa shape index (κ2) is 8.33. The second-order valence-corrected chi connectivity index (χ2v) is 5.93. The molecule has 1 aromatic rings. The number of hydrogen-bond donors (Lipinski definition) is 1. The lowest BCUT2D eigenvalue weighted by Gasteiger charge is -2.30. The Bertz CT molecular complexity index is 611. The standard InChI is InChI=1S/C17H21F3N2O3/c1-2-25-16(24)12-6-8-22(9-7-12)11-15(23)21-14-5-3-4-13(10-14)17(18,19)20/h3-5,10,12H,2,6-9,11H2,1H3,(H,21,23). The van der Waals surface area contributed by atoms with Gasteiger partial charge >= 0.3 is 12.1 Å². The zero-order chi connectivity index (χ0) is 18.4. The van der Waals surface area contributed by atoms with E-state index in [0.717, 1.165) is 12.1 Å². The van der Waals surface area contributed by atoms with E-state index in [1.165, 1.54) is 12.1 Å². The molecule has 0 unspecified atom stereocenters. The minimum Gasteiger partial charge on any atom is -0.466 e. The van der Waals surface area contributed by atoms with Crippen LogP contribution in [0.4, 0.5) is 18.9 Å².